The summed E-state index contributed by atoms with van der Waals surface area (Å²) in [5, 5.41) is 13.6. The van der Waals surface area contributed by atoms with E-state index in [1.54, 1.807) is 12.1 Å². The minimum Gasteiger partial charge on any atom is -0.483 e. The SMILES string of the molecule is O=C(COc1ccc2c(c1-c1ccccc1)C(=O)N(C1CCC(=O)NC1=O)C2)NCCOCCOCCOCO. The summed E-state index contributed by atoms with van der Waals surface area (Å²) in [4.78, 5) is 51.6. The maximum Gasteiger partial charge on any atom is 0.258 e. The lowest BCUT2D eigenvalue weighted by atomic mass is 9.95. The third kappa shape index (κ3) is 7.42. The predicted octanol–water partition coefficient (Wildman–Crippen LogP) is 0.609. The smallest absolute Gasteiger partial charge is 0.258 e. The Kier molecular flexibility index (Phi) is 10.6. The second-order valence-electron chi connectivity index (χ2n) is 9.14. The molecule has 0 aromatic heterocycles. The zero-order valence-corrected chi connectivity index (χ0v) is 22.1. The van der Waals surface area contributed by atoms with Crippen molar-refractivity contribution in [3.8, 4) is 16.9 Å². The van der Waals surface area contributed by atoms with Crippen molar-refractivity contribution in [2.24, 2.45) is 0 Å². The van der Waals surface area contributed by atoms with Crippen LogP contribution in [0.3, 0.4) is 0 Å². The van der Waals surface area contributed by atoms with Crippen LogP contribution in [0.5, 0.6) is 5.75 Å². The third-order valence-electron chi connectivity index (χ3n) is 6.48. The van der Waals surface area contributed by atoms with Crippen molar-refractivity contribution >= 4 is 23.6 Å². The number of ether oxygens (including phenoxy) is 4. The van der Waals surface area contributed by atoms with Gasteiger partial charge >= 0.3 is 0 Å². The molecule has 12 heteroatoms. The molecule has 2 aliphatic rings. The molecule has 1 saturated heterocycles. The standard InChI is InChI=1S/C28H33N3O9/c32-18-39-15-14-38-13-12-37-11-10-29-24(34)17-40-22-8-6-20-16-31(21-7-9-23(33)30-27(21)35)28(36)26(20)25(22)19-4-2-1-3-5-19/h1-6,8,21,32H,7,9-18H2,(H,29,34)(H,30,33,35). The van der Waals surface area contributed by atoms with Gasteiger partial charge in [0.1, 0.15) is 18.6 Å². The minimum atomic E-state index is -0.731. The van der Waals surface area contributed by atoms with E-state index >= 15 is 0 Å². The van der Waals surface area contributed by atoms with Gasteiger partial charge in [-0.3, -0.25) is 24.5 Å². The highest BCUT2D eigenvalue weighted by Gasteiger charge is 2.41. The summed E-state index contributed by atoms with van der Waals surface area (Å²) >= 11 is 0. The Morgan fingerprint density at radius 3 is 2.40 bits per heavy atom. The van der Waals surface area contributed by atoms with E-state index in [-0.39, 0.29) is 57.1 Å². The fourth-order valence-electron chi connectivity index (χ4n) is 4.61. The number of rotatable bonds is 15. The topological polar surface area (TPSA) is 153 Å². The third-order valence-corrected chi connectivity index (χ3v) is 6.48. The van der Waals surface area contributed by atoms with Gasteiger partial charge in [-0.15, -0.1) is 0 Å². The Hall–Kier alpha value is -3.84. The number of nitrogens with zero attached hydrogens (tertiary/aromatic N) is 1. The Labute approximate surface area is 231 Å². The Morgan fingerprint density at radius 1 is 0.950 bits per heavy atom. The molecule has 2 aromatic carbocycles. The van der Waals surface area contributed by atoms with E-state index in [1.165, 1.54) is 4.90 Å². The van der Waals surface area contributed by atoms with Gasteiger partial charge < -0.3 is 34.3 Å². The molecule has 0 bridgehead atoms. The fraction of sp³-hybridized carbons (Fsp3) is 0.429. The molecular formula is C28H33N3O9. The highest BCUT2D eigenvalue weighted by Crippen LogP contribution is 2.40. The normalized spacial score (nSPS) is 16.6. The van der Waals surface area contributed by atoms with Crippen molar-refractivity contribution in [3.63, 3.8) is 0 Å². The first-order valence-electron chi connectivity index (χ1n) is 13.1. The maximum absolute atomic E-state index is 13.6. The molecular weight excluding hydrogens is 522 g/mol. The molecule has 2 heterocycles. The summed E-state index contributed by atoms with van der Waals surface area (Å²) < 4.78 is 21.3. The van der Waals surface area contributed by atoms with E-state index in [0.717, 1.165) is 11.1 Å². The summed E-state index contributed by atoms with van der Waals surface area (Å²) in [6, 6.07) is 12.0. The highest BCUT2D eigenvalue weighted by atomic mass is 16.6. The molecule has 12 nitrogen and oxygen atoms in total. The van der Waals surface area contributed by atoms with E-state index in [4.69, 9.17) is 24.1 Å². The fourth-order valence-corrected chi connectivity index (χ4v) is 4.61. The van der Waals surface area contributed by atoms with Crippen LogP contribution in [-0.4, -0.2) is 92.7 Å². The summed E-state index contributed by atoms with van der Waals surface area (Å²) in [6.07, 6.45) is 0.441. The molecule has 1 atom stereocenters. The highest BCUT2D eigenvalue weighted by molar-refractivity contribution is 6.09. The molecule has 2 aromatic rings. The van der Waals surface area contributed by atoms with Crippen LogP contribution >= 0.6 is 0 Å². The zero-order valence-electron chi connectivity index (χ0n) is 22.1. The average Bonchev–Trinajstić information content (AvgIpc) is 3.29. The number of piperidine rings is 1. The number of carbonyl (C=O) groups excluding carboxylic acids is 4. The predicted molar refractivity (Wildman–Crippen MR) is 141 cm³/mol. The number of aliphatic hydroxyl groups is 1. The number of fused-ring (bicyclic) bond motifs is 1. The Bertz CT molecular complexity index is 1210. The van der Waals surface area contributed by atoms with Gasteiger partial charge in [0.25, 0.3) is 11.8 Å². The van der Waals surface area contributed by atoms with Crippen LogP contribution in [-0.2, 0) is 35.1 Å². The number of nitrogens with one attached hydrogen (secondary N) is 2. The van der Waals surface area contributed by atoms with Crippen LogP contribution in [0.1, 0.15) is 28.8 Å². The van der Waals surface area contributed by atoms with Crippen LogP contribution in [0.15, 0.2) is 42.5 Å². The number of hydrogen-bond donors (Lipinski definition) is 3. The van der Waals surface area contributed by atoms with Gasteiger partial charge in [-0.2, -0.15) is 0 Å². The van der Waals surface area contributed by atoms with E-state index in [9.17, 15) is 19.2 Å². The minimum absolute atomic E-state index is 0.172. The first-order valence-corrected chi connectivity index (χ1v) is 13.1. The first-order chi connectivity index (χ1) is 19.5. The van der Waals surface area contributed by atoms with Crippen molar-refractivity contribution in [2.75, 3.05) is 53.0 Å². The first kappa shape index (κ1) is 29.2. The second kappa shape index (κ2) is 14.5. The number of benzene rings is 2. The molecule has 40 heavy (non-hydrogen) atoms. The van der Waals surface area contributed by atoms with Gasteiger partial charge in [-0.05, 0) is 23.6 Å². The number of carbonyl (C=O) groups is 4. The van der Waals surface area contributed by atoms with E-state index < -0.39 is 11.9 Å². The number of imide groups is 1. The maximum atomic E-state index is 13.6. The summed E-state index contributed by atoms with van der Waals surface area (Å²) in [5.41, 5.74) is 2.46. The quantitative estimate of drug-likeness (QED) is 0.163. The molecule has 1 fully saturated rings. The molecule has 0 aliphatic carbocycles. The van der Waals surface area contributed by atoms with E-state index in [0.29, 0.717) is 49.9 Å². The number of amides is 4. The van der Waals surface area contributed by atoms with Gasteiger partial charge in [0.2, 0.25) is 11.8 Å². The van der Waals surface area contributed by atoms with Crippen molar-refractivity contribution in [2.45, 2.75) is 25.4 Å². The lowest BCUT2D eigenvalue weighted by Crippen LogP contribution is -2.52. The van der Waals surface area contributed by atoms with Crippen molar-refractivity contribution in [1.29, 1.82) is 0 Å². The van der Waals surface area contributed by atoms with Crippen LogP contribution in [0.4, 0.5) is 0 Å². The van der Waals surface area contributed by atoms with Crippen molar-refractivity contribution < 1.29 is 43.2 Å². The summed E-state index contributed by atoms with van der Waals surface area (Å²) in [5.74, 6) is -1.11. The van der Waals surface area contributed by atoms with Crippen LogP contribution in [0, 0.1) is 0 Å². The van der Waals surface area contributed by atoms with Crippen molar-refractivity contribution in [1.82, 2.24) is 15.5 Å². The molecule has 0 saturated carbocycles. The zero-order chi connectivity index (χ0) is 28.3. The molecule has 0 radical (unpaired) electrons. The molecule has 4 amide bonds. The largest absolute Gasteiger partial charge is 0.483 e. The molecule has 1 unspecified atom stereocenters. The van der Waals surface area contributed by atoms with Gasteiger partial charge in [-0.1, -0.05) is 36.4 Å². The summed E-state index contributed by atoms with van der Waals surface area (Å²) in [7, 11) is 0. The molecule has 4 rings (SSSR count). The molecule has 3 N–H and O–H groups in total. The second-order valence-corrected chi connectivity index (χ2v) is 9.14. The number of hydrogen-bond acceptors (Lipinski definition) is 9. The van der Waals surface area contributed by atoms with Crippen molar-refractivity contribution in [3.05, 3.63) is 53.6 Å². The molecule has 214 valence electrons. The Balaban J connectivity index is 1.35. The van der Waals surface area contributed by atoms with Gasteiger partial charge in [-0.25, -0.2) is 0 Å². The van der Waals surface area contributed by atoms with Crippen LogP contribution in [0.25, 0.3) is 11.1 Å². The van der Waals surface area contributed by atoms with Gasteiger partial charge in [0.15, 0.2) is 6.61 Å². The molecule has 2 aliphatic heterocycles. The van der Waals surface area contributed by atoms with Gasteiger partial charge in [0.05, 0.1) is 38.6 Å². The molecule has 0 spiro atoms. The monoisotopic (exact) mass is 555 g/mol. The van der Waals surface area contributed by atoms with Crippen LogP contribution < -0.4 is 15.4 Å². The van der Waals surface area contributed by atoms with Gasteiger partial charge in [0, 0.05) is 25.1 Å². The Morgan fingerprint density at radius 2 is 1.68 bits per heavy atom. The lowest BCUT2D eigenvalue weighted by molar-refractivity contribution is -0.137. The lowest BCUT2D eigenvalue weighted by Gasteiger charge is -2.29. The van der Waals surface area contributed by atoms with E-state index in [1.807, 2.05) is 30.3 Å². The van der Waals surface area contributed by atoms with E-state index in [2.05, 4.69) is 10.6 Å². The number of aliphatic hydroxyl groups excluding tert-OH is 1. The average molecular weight is 556 g/mol. The van der Waals surface area contributed by atoms with Crippen LogP contribution in [0.2, 0.25) is 0 Å². The summed E-state index contributed by atoms with van der Waals surface area (Å²) in [6.45, 7) is 1.58.